The maximum absolute atomic E-state index is 13.4. The first kappa shape index (κ1) is 15.8. The molecule has 1 saturated heterocycles. The van der Waals surface area contributed by atoms with Gasteiger partial charge in [0.15, 0.2) is 0 Å². The van der Waals surface area contributed by atoms with E-state index < -0.39 is 23.5 Å². The van der Waals surface area contributed by atoms with Gasteiger partial charge in [-0.05, 0) is 25.0 Å². The number of carboxylic acid groups (broad SMARTS) is 1. The zero-order valence-electron chi connectivity index (χ0n) is 11.2. The number of aliphatic carboxylic acids is 1. The number of carboxylic acids is 1. The third kappa shape index (κ3) is 4.17. The number of hydrogen-bond acceptors (Lipinski definition) is 3. The number of amides is 1. The second-order valence-corrected chi connectivity index (χ2v) is 5.90. The molecule has 0 spiro atoms. The van der Waals surface area contributed by atoms with Crippen molar-refractivity contribution in [3.63, 3.8) is 0 Å². The molecule has 1 heterocycles. The molecule has 0 aromatic heterocycles. The number of halogens is 2. The Hall–Kier alpha value is -1.63. The van der Waals surface area contributed by atoms with Crippen LogP contribution in [0.3, 0.4) is 0 Å². The Morgan fingerprint density at radius 3 is 2.81 bits per heavy atom. The number of piperidine rings is 1. The van der Waals surface area contributed by atoms with Gasteiger partial charge in [0, 0.05) is 24.1 Å². The van der Waals surface area contributed by atoms with E-state index in [1.807, 2.05) is 0 Å². The minimum atomic E-state index is -0.898. The standard InChI is InChI=1S/C14H15F2NO3S/c15-10-3-4-12(11(16)6-10)21-8-13(18)17-5-1-2-9(7-17)14(19)20/h3-4,6,9H,1-2,5,7-8H2,(H,19,20). The van der Waals surface area contributed by atoms with Crippen LogP contribution in [0.2, 0.25) is 0 Å². The number of carbonyl (C=O) groups is 2. The molecule has 1 aromatic carbocycles. The quantitative estimate of drug-likeness (QED) is 0.867. The highest BCUT2D eigenvalue weighted by Crippen LogP contribution is 2.24. The van der Waals surface area contributed by atoms with Gasteiger partial charge in [-0.2, -0.15) is 0 Å². The van der Waals surface area contributed by atoms with Crippen LogP contribution in [-0.2, 0) is 9.59 Å². The summed E-state index contributed by atoms with van der Waals surface area (Å²) in [5.74, 6) is -3.01. The van der Waals surface area contributed by atoms with Crippen molar-refractivity contribution in [1.82, 2.24) is 4.90 Å². The monoisotopic (exact) mass is 315 g/mol. The lowest BCUT2D eigenvalue weighted by Crippen LogP contribution is -2.43. The van der Waals surface area contributed by atoms with Gasteiger partial charge in [0.25, 0.3) is 0 Å². The molecule has 1 amide bonds. The first-order valence-electron chi connectivity index (χ1n) is 6.56. The van der Waals surface area contributed by atoms with E-state index in [0.717, 1.165) is 23.9 Å². The summed E-state index contributed by atoms with van der Waals surface area (Å²) in [5, 5.41) is 8.98. The lowest BCUT2D eigenvalue weighted by Gasteiger charge is -2.30. The summed E-state index contributed by atoms with van der Waals surface area (Å²) in [5.41, 5.74) is 0. The number of carbonyl (C=O) groups excluding carboxylic acids is 1. The van der Waals surface area contributed by atoms with Crippen LogP contribution in [0.5, 0.6) is 0 Å². The summed E-state index contributed by atoms with van der Waals surface area (Å²) in [6.07, 6.45) is 1.22. The van der Waals surface area contributed by atoms with E-state index in [4.69, 9.17) is 5.11 Å². The van der Waals surface area contributed by atoms with Crippen molar-refractivity contribution in [2.24, 2.45) is 5.92 Å². The van der Waals surface area contributed by atoms with Crippen molar-refractivity contribution in [1.29, 1.82) is 0 Å². The summed E-state index contributed by atoms with van der Waals surface area (Å²) in [6.45, 7) is 0.718. The van der Waals surface area contributed by atoms with Crippen molar-refractivity contribution in [2.75, 3.05) is 18.8 Å². The average molecular weight is 315 g/mol. The Labute approximate surface area is 125 Å². The zero-order valence-corrected chi connectivity index (χ0v) is 12.0. The molecule has 1 atom stereocenters. The van der Waals surface area contributed by atoms with E-state index in [1.54, 1.807) is 0 Å². The van der Waals surface area contributed by atoms with Gasteiger partial charge in [0.1, 0.15) is 11.6 Å². The van der Waals surface area contributed by atoms with Crippen molar-refractivity contribution in [2.45, 2.75) is 17.7 Å². The van der Waals surface area contributed by atoms with E-state index in [1.165, 1.54) is 11.0 Å². The van der Waals surface area contributed by atoms with Crippen molar-refractivity contribution >= 4 is 23.6 Å². The molecule has 4 nitrogen and oxygen atoms in total. The van der Waals surface area contributed by atoms with Gasteiger partial charge in [-0.15, -0.1) is 11.8 Å². The summed E-state index contributed by atoms with van der Waals surface area (Å²) < 4.78 is 26.2. The molecule has 1 N–H and O–H groups in total. The first-order chi connectivity index (χ1) is 9.97. The predicted octanol–water partition coefficient (Wildman–Crippen LogP) is 2.38. The molecular formula is C14H15F2NO3S. The molecule has 2 rings (SSSR count). The van der Waals surface area contributed by atoms with Crippen LogP contribution < -0.4 is 0 Å². The van der Waals surface area contributed by atoms with Gasteiger partial charge in [0.2, 0.25) is 5.91 Å². The largest absolute Gasteiger partial charge is 0.481 e. The fraction of sp³-hybridized carbons (Fsp3) is 0.429. The Morgan fingerprint density at radius 2 is 2.14 bits per heavy atom. The Morgan fingerprint density at radius 1 is 1.38 bits per heavy atom. The smallest absolute Gasteiger partial charge is 0.308 e. The van der Waals surface area contributed by atoms with Crippen molar-refractivity contribution in [3.8, 4) is 0 Å². The highest BCUT2D eigenvalue weighted by molar-refractivity contribution is 8.00. The van der Waals surface area contributed by atoms with Crippen LogP contribution in [0.4, 0.5) is 8.78 Å². The maximum Gasteiger partial charge on any atom is 0.308 e. The van der Waals surface area contributed by atoms with Crippen LogP contribution in [0.15, 0.2) is 23.1 Å². The molecule has 7 heteroatoms. The normalized spacial score (nSPS) is 18.6. The fourth-order valence-corrected chi connectivity index (χ4v) is 3.05. The minimum Gasteiger partial charge on any atom is -0.481 e. The van der Waals surface area contributed by atoms with E-state index in [0.29, 0.717) is 19.4 Å². The SMILES string of the molecule is O=C(O)C1CCCN(C(=O)CSc2ccc(F)cc2F)C1. The van der Waals surface area contributed by atoms with Gasteiger partial charge in [-0.25, -0.2) is 8.78 Å². The van der Waals surface area contributed by atoms with Crippen LogP contribution in [0, 0.1) is 17.6 Å². The van der Waals surface area contributed by atoms with Gasteiger partial charge in [-0.1, -0.05) is 0 Å². The van der Waals surface area contributed by atoms with Gasteiger partial charge < -0.3 is 10.0 Å². The fourth-order valence-electron chi connectivity index (χ4n) is 2.23. The van der Waals surface area contributed by atoms with Crippen LogP contribution in [0.25, 0.3) is 0 Å². The molecule has 1 fully saturated rings. The van der Waals surface area contributed by atoms with Crippen LogP contribution in [-0.4, -0.2) is 40.7 Å². The Bertz CT molecular complexity index is 553. The second kappa shape index (κ2) is 6.89. The van der Waals surface area contributed by atoms with E-state index in [2.05, 4.69) is 0 Å². The number of nitrogens with zero attached hydrogens (tertiary/aromatic N) is 1. The minimum absolute atomic E-state index is 0.00882. The lowest BCUT2D eigenvalue weighted by molar-refractivity contribution is -0.145. The highest BCUT2D eigenvalue weighted by atomic mass is 32.2. The van der Waals surface area contributed by atoms with E-state index >= 15 is 0 Å². The average Bonchev–Trinajstić information content (AvgIpc) is 2.46. The van der Waals surface area contributed by atoms with Gasteiger partial charge in [0.05, 0.1) is 11.7 Å². The highest BCUT2D eigenvalue weighted by Gasteiger charge is 2.28. The third-order valence-electron chi connectivity index (χ3n) is 3.37. The molecule has 1 aliphatic heterocycles. The molecule has 0 bridgehead atoms. The van der Waals surface area contributed by atoms with E-state index in [9.17, 15) is 18.4 Å². The summed E-state index contributed by atoms with van der Waals surface area (Å²) in [6, 6.07) is 3.20. The third-order valence-corrected chi connectivity index (χ3v) is 4.40. The molecule has 21 heavy (non-hydrogen) atoms. The summed E-state index contributed by atoms with van der Waals surface area (Å²) in [4.78, 5) is 24.7. The van der Waals surface area contributed by atoms with Gasteiger partial charge >= 0.3 is 5.97 Å². The molecule has 1 unspecified atom stereocenters. The second-order valence-electron chi connectivity index (χ2n) is 4.88. The molecule has 0 radical (unpaired) electrons. The number of benzene rings is 1. The number of rotatable bonds is 4. The molecule has 1 aromatic rings. The zero-order chi connectivity index (χ0) is 15.4. The maximum atomic E-state index is 13.4. The molecular weight excluding hydrogens is 300 g/mol. The number of likely N-dealkylation sites (tertiary alicyclic amines) is 1. The topological polar surface area (TPSA) is 57.6 Å². The van der Waals surface area contributed by atoms with Gasteiger partial charge in [-0.3, -0.25) is 9.59 Å². The molecule has 0 saturated carbocycles. The predicted molar refractivity (Wildman–Crippen MR) is 74.0 cm³/mol. The molecule has 114 valence electrons. The first-order valence-corrected chi connectivity index (χ1v) is 7.54. The van der Waals surface area contributed by atoms with E-state index in [-0.39, 0.29) is 23.1 Å². The summed E-state index contributed by atoms with van der Waals surface area (Å²) >= 11 is 0.987. The van der Waals surface area contributed by atoms with Crippen LogP contribution >= 0.6 is 11.8 Å². The molecule has 0 aliphatic carbocycles. The van der Waals surface area contributed by atoms with Crippen LogP contribution in [0.1, 0.15) is 12.8 Å². The van der Waals surface area contributed by atoms with Crippen molar-refractivity contribution < 1.29 is 23.5 Å². The Balaban J connectivity index is 1.90. The lowest BCUT2D eigenvalue weighted by atomic mass is 9.98. The number of thioether (sulfide) groups is 1. The Kier molecular flexibility index (Phi) is 5.17. The molecule has 1 aliphatic rings. The summed E-state index contributed by atoms with van der Waals surface area (Å²) in [7, 11) is 0. The number of hydrogen-bond donors (Lipinski definition) is 1. The van der Waals surface area contributed by atoms with Crippen molar-refractivity contribution in [3.05, 3.63) is 29.8 Å².